The first-order valence-electron chi connectivity index (χ1n) is 9.87. The molecule has 4 rings (SSSR count). The van der Waals surface area contributed by atoms with Crippen LogP contribution in [-0.2, 0) is 23.1 Å². The molecule has 0 atom stereocenters. The van der Waals surface area contributed by atoms with Crippen molar-refractivity contribution in [2.75, 3.05) is 32.4 Å². The first-order chi connectivity index (χ1) is 13.3. The topological polar surface area (TPSA) is 97.4 Å². The van der Waals surface area contributed by atoms with Crippen LogP contribution in [0.3, 0.4) is 0 Å². The van der Waals surface area contributed by atoms with Gasteiger partial charge in [0, 0.05) is 56.9 Å². The van der Waals surface area contributed by atoms with Gasteiger partial charge in [0.1, 0.15) is 0 Å². The Balaban J connectivity index is 1.30. The first-order valence-corrected chi connectivity index (χ1v) is 11.7. The molecule has 0 N–H and O–H groups in total. The lowest BCUT2D eigenvalue weighted by atomic mass is 9.97. The number of likely N-dealkylation sites (tertiary alicyclic amines) is 1. The number of aromatic nitrogens is 4. The van der Waals surface area contributed by atoms with E-state index >= 15 is 0 Å². The fraction of sp³-hybridized carbons (Fsp3) is 0.722. The van der Waals surface area contributed by atoms with Crippen LogP contribution in [0.4, 0.5) is 0 Å². The molecule has 0 unspecified atom stereocenters. The molecule has 0 aliphatic carbocycles. The summed E-state index contributed by atoms with van der Waals surface area (Å²) in [6, 6.07) is 0. The summed E-state index contributed by atoms with van der Waals surface area (Å²) in [6.45, 7) is 8.79. The summed E-state index contributed by atoms with van der Waals surface area (Å²) >= 11 is 0. The van der Waals surface area contributed by atoms with Gasteiger partial charge in [-0.05, 0) is 26.7 Å². The molecule has 154 valence electrons. The summed E-state index contributed by atoms with van der Waals surface area (Å²) in [4.78, 5) is 6.99. The highest BCUT2D eigenvalue weighted by molar-refractivity contribution is 7.88. The second kappa shape index (κ2) is 7.57. The average molecular weight is 409 g/mol. The lowest BCUT2D eigenvalue weighted by Gasteiger charge is -2.36. The largest absolute Gasteiger partial charge is 0.339 e. The third kappa shape index (κ3) is 3.99. The fourth-order valence-corrected chi connectivity index (χ4v) is 4.87. The Kier molecular flexibility index (Phi) is 5.28. The van der Waals surface area contributed by atoms with E-state index in [1.807, 2.05) is 4.68 Å². The van der Waals surface area contributed by atoms with Crippen LogP contribution in [0.2, 0.25) is 0 Å². The molecule has 2 aromatic heterocycles. The standard InChI is InChI=1S/C18H28N6O3S/c1-4-23-12-15(13(2)20-23)9-22-10-16(11-22)18-19-17(21-27-18)14-5-7-24(8-6-14)28(3,25)26/h12,14,16H,4-11H2,1-3H3. The SMILES string of the molecule is CCn1cc(CN2CC(c3nc(C4CCN(S(C)(=O)=O)CC4)no3)C2)c(C)n1. The van der Waals surface area contributed by atoms with E-state index in [0.29, 0.717) is 19.0 Å². The molecule has 2 aliphatic rings. The molecule has 0 aromatic carbocycles. The maximum absolute atomic E-state index is 11.6. The maximum Gasteiger partial charge on any atom is 0.232 e. The lowest BCUT2D eigenvalue weighted by Crippen LogP contribution is -2.44. The van der Waals surface area contributed by atoms with Gasteiger partial charge in [-0.15, -0.1) is 0 Å². The summed E-state index contributed by atoms with van der Waals surface area (Å²) in [5, 5.41) is 8.68. The quantitative estimate of drug-likeness (QED) is 0.711. The highest BCUT2D eigenvalue weighted by atomic mass is 32.2. The zero-order valence-electron chi connectivity index (χ0n) is 16.7. The number of piperidine rings is 1. The van der Waals surface area contributed by atoms with Crippen molar-refractivity contribution in [3.8, 4) is 0 Å². The minimum atomic E-state index is -3.11. The summed E-state index contributed by atoms with van der Waals surface area (Å²) in [5.74, 6) is 1.88. The Morgan fingerprint density at radius 2 is 1.93 bits per heavy atom. The van der Waals surface area contributed by atoms with Crippen molar-refractivity contribution in [1.82, 2.24) is 29.1 Å². The minimum Gasteiger partial charge on any atom is -0.339 e. The molecule has 0 spiro atoms. The van der Waals surface area contributed by atoms with E-state index in [1.54, 1.807) is 0 Å². The molecular weight excluding hydrogens is 380 g/mol. The Bertz CT molecular complexity index is 923. The van der Waals surface area contributed by atoms with E-state index in [9.17, 15) is 8.42 Å². The molecule has 4 heterocycles. The van der Waals surface area contributed by atoms with Gasteiger partial charge in [-0.3, -0.25) is 9.58 Å². The predicted molar refractivity (Wildman–Crippen MR) is 103 cm³/mol. The van der Waals surface area contributed by atoms with Crippen molar-refractivity contribution in [3.05, 3.63) is 29.2 Å². The number of nitrogens with zero attached hydrogens (tertiary/aromatic N) is 6. The van der Waals surface area contributed by atoms with Gasteiger partial charge in [0.2, 0.25) is 15.9 Å². The van der Waals surface area contributed by atoms with Crippen molar-refractivity contribution in [1.29, 1.82) is 0 Å². The summed E-state index contributed by atoms with van der Waals surface area (Å²) in [6.07, 6.45) is 4.86. The smallest absolute Gasteiger partial charge is 0.232 e. The summed E-state index contributed by atoms with van der Waals surface area (Å²) in [5.41, 5.74) is 2.36. The Hall–Kier alpha value is -1.78. The van der Waals surface area contributed by atoms with Crippen molar-refractivity contribution >= 4 is 10.0 Å². The van der Waals surface area contributed by atoms with Crippen LogP contribution in [0, 0.1) is 6.92 Å². The third-order valence-corrected chi connectivity index (χ3v) is 7.12. The monoisotopic (exact) mass is 408 g/mol. The molecule has 0 bridgehead atoms. The van der Waals surface area contributed by atoms with Crippen LogP contribution in [0.1, 0.15) is 54.6 Å². The van der Waals surface area contributed by atoms with E-state index in [0.717, 1.165) is 50.5 Å². The second-order valence-corrected chi connectivity index (χ2v) is 9.90. The van der Waals surface area contributed by atoms with E-state index in [1.165, 1.54) is 16.1 Å². The van der Waals surface area contributed by atoms with Gasteiger partial charge < -0.3 is 4.52 Å². The fourth-order valence-electron chi connectivity index (χ4n) is 4.00. The molecular formula is C18H28N6O3S. The molecule has 9 nitrogen and oxygen atoms in total. The highest BCUT2D eigenvalue weighted by Gasteiger charge is 2.34. The lowest BCUT2D eigenvalue weighted by molar-refractivity contribution is 0.117. The van der Waals surface area contributed by atoms with Crippen LogP contribution < -0.4 is 0 Å². The molecule has 28 heavy (non-hydrogen) atoms. The Labute approximate surface area is 165 Å². The Morgan fingerprint density at radius 3 is 2.54 bits per heavy atom. The van der Waals surface area contributed by atoms with Crippen molar-refractivity contribution in [2.45, 2.75) is 51.6 Å². The van der Waals surface area contributed by atoms with Gasteiger partial charge in [0.15, 0.2) is 5.82 Å². The predicted octanol–water partition coefficient (Wildman–Crippen LogP) is 1.33. The van der Waals surface area contributed by atoms with Crippen LogP contribution in [-0.4, -0.2) is 70.0 Å². The van der Waals surface area contributed by atoms with Crippen LogP contribution >= 0.6 is 0 Å². The van der Waals surface area contributed by atoms with Gasteiger partial charge in [-0.1, -0.05) is 5.16 Å². The van der Waals surface area contributed by atoms with E-state index in [-0.39, 0.29) is 11.8 Å². The van der Waals surface area contributed by atoms with E-state index < -0.39 is 10.0 Å². The number of aryl methyl sites for hydroxylation is 2. The molecule has 2 fully saturated rings. The van der Waals surface area contributed by atoms with Crippen molar-refractivity contribution in [3.63, 3.8) is 0 Å². The molecule has 2 aliphatic heterocycles. The zero-order valence-corrected chi connectivity index (χ0v) is 17.5. The summed E-state index contributed by atoms with van der Waals surface area (Å²) < 4.78 is 32.3. The van der Waals surface area contributed by atoms with Crippen LogP contribution in [0.15, 0.2) is 10.7 Å². The summed E-state index contributed by atoms with van der Waals surface area (Å²) in [7, 11) is -3.11. The maximum atomic E-state index is 11.6. The van der Waals surface area contributed by atoms with Gasteiger partial charge in [0.25, 0.3) is 0 Å². The van der Waals surface area contributed by atoms with Gasteiger partial charge in [0.05, 0.1) is 17.9 Å². The van der Waals surface area contributed by atoms with Crippen LogP contribution in [0.25, 0.3) is 0 Å². The number of rotatable bonds is 6. The Morgan fingerprint density at radius 1 is 1.21 bits per heavy atom. The number of sulfonamides is 1. The molecule has 0 radical (unpaired) electrons. The minimum absolute atomic E-state index is 0.175. The third-order valence-electron chi connectivity index (χ3n) is 5.82. The van der Waals surface area contributed by atoms with Gasteiger partial charge >= 0.3 is 0 Å². The zero-order chi connectivity index (χ0) is 19.9. The normalized spacial score (nSPS) is 20.5. The van der Waals surface area contributed by atoms with Crippen molar-refractivity contribution < 1.29 is 12.9 Å². The van der Waals surface area contributed by atoms with E-state index in [2.05, 4.69) is 40.2 Å². The van der Waals surface area contributed by atoms with Crippen molar-refractivity contribution in [2.24, 2.45) is 0 Å². The highest BCUT2D eigenvalue weighted by Crippen LogP contribution is 2.31. The van der Waals surface area contributed by atoms with Gasteiger partial charge in [-0.25, -0.2) is 12.7 Å². The van der Waals surface area contributed by atoms with Crippen LogP contribution in [0.5, 0.6) is 0 Å². The average Bonchev–Trinajstić information content (AvgIpc) is 3.24. The number of hydrogen-bond acceptors (Lipinski definition) is 7. The van der Waals surface area contributed by atoms with E-state index in [4.69, 9.17) is 4.52 Å². The second-order valence-electron chi connectivity index (χ2n) is 7.91. The molecule has 0 saturated carbocycles. The molecule has 2 saturated heterocycles. The molecule has 0 amide bonds. The first kappa shape index (κ1) is 19.5. The molecule has 2 aromatic rings. The molecule has 10 heteroatoms. The number of hydrogen-bond donors (Lipinski definition) is 0. The van der Waals surface area contributed by atoms with Gasteiger partial charge in [-0.2, -0.15) is 10.1 Å².